The Morgan fingerprint density at radius 1 is 1.47 bits per heavy atom. The number of carbonyl (C=O) groups excluding carboxylic acids is 1. The van der Waals surface area contributed by atoms with Gasteiger partial charge < -0.3 is 10.6 Å². The van der Waals surface area contributed by atoms with Crippen LogP contribution in [0.4, 0.5) is 5.69 Å². The molecule has 0 saturated carbocycles. The minimum absolute atomic E-state index is 0.0654. The van der Waals surface area contributed by atoms with Crippen molar-refractivity contribution in [1.29, 1.82) is 5.26 Å². The van der Waals surface area contributed by atoms with Crippen LogP contribution in [-0.2, 0) is 4.79 Å². The summed E-state index contributed by atoms with van der Waals surface area (Å²) in [6, 6.07) is 7.72. The molecule has 0 aliphatic carbocycles. The van der Waals surface area contributed by atoms with Gasteiger partial charge >= 0.3 is 0 Å². The molecule has 0 unspecified atom stereocenters. The molecule has 1 aromatic rings. The summed E-state index contributed by atoms with van der Waals surface area (Å²) in [7, 11) is 0. The van der Waals surface area contributed by atoms with E-state index < -0.39 is 0 Å². The third-order valence-corrected chi connectivity index (χ3v) is 3.00. The van der Waals surface area contributed by atoms with Crippen LogP contribution in [0, 0.1) is 11.3 Å². The molecule has 0 saturated heterocycles. The maximum absolute atomic E-state index is 11.8. The smallest absolute Gasteiger partial charge is 0.224 e. The summed E-state index contributed by atoms with van der Waals surface area (Å²) in [6.07, 6.45) is 1.23. The van der Waals surface area contributed by atoms with Crippen molar-refractivity contribution >= 4 is 27.5 Å². The molecule has 0 aromatic heterocycles. The summed E-state index contributed by atoms with van der Waals surface area (Å²) in [6.45, 7) is 4.96. The Hall–Kier alpha value is -1.38. The highest BCUT2D eigenvalue weighted by molar-refractivity contribution is 9.10. The normalized spacial score (nSPS) is 10.3. The van der Waals surface area contributed by atoms with Gasteiger partial charge in [-0.2, -0.15) is 5.26 Å². The highest BCUT2D eigenvalue weighted by atomic mass is 79.9. The van der Waals surface area contributed by atoms with Crippen LogP contribution in [0.15, 0.2) is 22.7 Å². The Balaban J connectivity index is 2.47. The van der Waals surface area contributed by atoms with E-state index in [0.717, 1.165) is 17.4 Å². The number of carbonyl (C=O) groups is 1. The fourth-order valence-corrected chi connectivity index (χ4v) is 1.93. The lowest BCUT2D eigenvalue weighted by Crippen LogP contribution is -2.24. The lowest BCUT2D eigenvalue weighted by atomic mass is 10.2. The first-order valence-electron chi connectivity index (χ1n) is 6.26. The standard InChI is InChI=1S/C14H18BrN3O/c1-10(2)17-7-3-4-14(19)18-13-6-5-12(15)8-11(13)9-16/h5-6,8,10,17H,3-4,7H2,1-2H3,(H,18,19). The molecule has 1 rings (SSSR count). The monoisotopic (exact) mass is 323 g/mol. The van der Waals surface area contributed by atoms with E-state index in [1.54, 1.807) is 18.2 Å². The van der Waals surface area contributed by atoms with Gasteiger partial charge in [-0.15, -0.1) is 0 Å². The average molecular weight is 324 g/mol. The summed E-state index contributed by atoms with van der Waals surface area (Å²) < 4.78 is 0.822. The molecule has 102 valence electrons. The summed E-state index contributed by atoms with van der Waals surface area (Å²) in [5, 5.41) is 15.0. The van der Waals surface area contributed by atoms with E-state index in [0.29, 0.717) is 23.7 Å². The molecule has 0 aliphatic rings. The van der Waals surface area contributed by atoms with Crippen molar-refractivity contribution in [3.05, 3.63) is 28.2 Å². The van der Waals surface area contributed by atoms with Gasteiger partial charge in [-0.3, -0.25) is 4.79 Å². The molecule has 0 bridgehead atoms. The quantitative estimate of drug-likeness (QED) is 0.791. The summed E-state index contributed by atoms with van der Waals surface area (Å²) in [4.78, 5) is 11.8. The number of nitrogens with zero attached hydrogens (tertiary/aromatic N) is 1. The number of nitriles is 1. The maximum atomic E-state index is 11.8. The van der Waals surface area contributed by atoms with Crippen molar-refractivity contribution in [3.63, 3.8) is 0 Å². The molecule has 0 aliphatic heterocycles. The van der Waals surface area contributed by atoms with Gasteiger partial charge in [-0.05, 0) is 31.2 Å². The molecule has 1 amide bonds. The van der Waals surface area contributed by atoms with Crippen LogP contribution in [0.1, 0.15) is 32.3 Å². The second-order valence-electron chi connectivity index (χ2n) is 4.56. The first-order chi connectivity index (χ1) is 9.02. The topological polar surface area (TPSA) is 64.9 Å². The first-order valence-corrected chi connectivity index (χ1v) is 7.05. The largest absolute Gasteiger partial charge is 0.325 e. The van der Waals surface area contributed by atoms with Crippen LogP contribution in [0.2, 0.25) is 0 Å². The number of benzene rings is 1. The second-order valence-corrected chi connectivity index (χ2v) is 5.48. The van der Waals surface area contributed by atoms with Crippen LogP contribution < -0.4 is 10.6 Å². The highest BCUT2D eigenvalue weighted by Crippen LogP contribution is 2.20. The van der Waals surface area contributed by atoms with Crippen molar-refractivity contribution < 1.29 is 4.79 Å². The van der Waals surface area contributed by atoms with Crippen molar-refractivity contribution in [2.75, 3.05) is 11.9 Å². The van der Waals surface area contributed by atoms with Crippen molar-refractivity contribution in [2.45, 2.75) is 32.7 Å². The fourth-order valence-electron chi connectivity index (χ4n) is 1.57. The molecule has 19 heavy (non-hydrogen) atoms. The maximum Gasteiger partial charge on any atom is 0.224 e. The first kappa shape index (κ1) is 15.7. The minimum Gasteiger partial charge on any atom is -0.325 e. The third-order valence-electron chi connectivity index (χ3n) is 2.51. The summed E-state index contributed by atoms with van der Waals surface area (Å²) in [5.41, 5.74) is 1.02. The van der Waals surface area contributed by atoms with Crippen LogP contribution in [0.3, 0.4) is 0 Å². The van der Waals surface area contributed by atoms with Crippen molar-refractivity contribution in [1.82, 2.24) is 5.32 Å². The van der Waals surface area contributed by atoms with E-state index in [1.807, 2.05) is 0 Å². The Morgan fingerprint density at radius 3 is 2.84 bits per heavy atom. The van der Waals surface area contributed by atoms with E-state index in [9.17, 15) is 4.79 Å². The van der Waals surface area contributed by atoms with Crippen molar-refractivity contribution in [2.24, 2.45) is 0 Å². The van der Waals surface area contributed by atoms with Gasteiger partial charge in [0.15, 0.2) is 0 Å². The zero-order valence-electron chi connectivity index (χ0n) is 11.2. The zero-order valence-corrected chi connectivity index (χ0v) is 12.8. The summed E-state index contributed by atoms with van der Waals surface area (Å²) >= 11 is 3.30. The zero-order chi connectivity index (χ0) is 14.3. The SMILES string of the molecule is CC(C)NCCCC(=O)Nc1ccc(Br)cc1C#N. The van der Waals surface area contributed by atoms with Gasteiger partial charge in [-0.25, -0.2) is 0 Å². The number of hydrogen-bond acceptors (Lipinski definition) is 3. The Labute approximate surface area is 122 Å². The molecule has 0 atom stereocenters. The van der Waals surface area contributed by atoms with Crippen LogP contribution in [0.5, 0.6) is 0 Å². The second kappa shape index (κ2) is 7.93. The van der Waals surface area contributed by atoms with E-state index in [-0.39, 0.29) is 5.91 Å². The predicted octanol–water partition coefficient (Wildman–Crippen LogP) is 3.04. The molecule has 1 aromatic carbocycles. The number of amides is 1. The number of hydrogen-bond donors (Lipinski definition) is 2. The summed E-state index contributed by atoms with van der Waals surface area (Å²) in [5.74, 6) is -0.0654. The van der Waals surface area contributed by atoms with Crippen LogP contribution in [0.25, 0.3) is 0 Å². The van der Waals surface area contributed by atoms with Gasteiger partial charge in [0.2, 0.25) is 5.91 Å². The number of anilines is 1. The number of nitrogens with one attached hydrogen (secondary N) is 2. The molecule has 5 heteroatoms. The molecule has 0 spiro atoms. The van der Waals surface area contributed by atoms with Gasteiger partial charge in [0.1, 0.15) is 6.07 Å². The lowest BCUT2D eigenvalue weighted by Gasteiger charge is -2.09. The van der Waals surface area contributed by atoms with Gasteiger partial charge in [0.25, 0.3) is 0 Å². The molecule has 0 radical (unpaired) electrons. The predicted molar refractivity (Wildman–Crippen MR) is 79.9 cm³/mol. The Morgan fingerprint density at radius 2 is 2.21 bits per heavy atom. The highest BCUT2D eigenvalue weighted by Gasteiger charge is 2.07. The molecular formula is C14H18BrN3O. The van der Waals surface area contributed by atoms with Crippen LogP contribution >= 0.6 is 15.9 Å². The van der Waals surface area contributed by atoms with Gasteiger partial charge in [0.05, 0.1) is 11.3 Å². The van der Waals surface area contributed by atoms with Crippen LogP contribution in [-0.4, -0.2) is 18.5 Å². The molecule has 0 heterocycles. The van der Waals surface area contributed by atoms with E-state index in [1.165, 1.54) is 0 Å². The van der Waals surface area contributed by atoms with Gasteiger partial charge in [-0.1, -0.05) is 29.8 Å². The molecule has 0 fully saturated rings. The van der Waals surface area contributed by atoms with Gasteiger partial charge in [0, 0.05) is 16.9 Å². The minimum atomic E-state index is -0.0654. The lowest BCUT2D eigenvalue weighted by molar-refractivity contribution is -0.116. The third kappa shape index (κ3) is 5.86. The average Bonchev–Trinajstić information content (AvgIpc) is 2.36. The van der Waals surface area contributed by atoms with Crippen molar-refractivity contribution in [3.8, 4) is 6.07 Å². The molecule has 4 nitrogen and oxygen atoms in total. The van der Waals surface area contributed by atoms with E-state index in [2.05, 4.69) is 46.5 Å². The Bertz CT molecular complexity index is 480. The van der Waals surface area contributed by atoms with E-state index >= 15 is 0 Å². The molecule has 2 N–H and O–H groups in total. The van der Waals surface area contributed by atoms with E-state index in [4.69, 9.17) is 5.26 Å². The fraction of sp³-hybridized carbons (Fsp3) is 0.429. The Kier molecular flexibility index (Phi) is 6.54. The number of rotatable bonds is 6. The number of halogens is 1. The molecular weight excluding hydrogens is 306 g/mol.